The molecule has 0 heterocycles. The minimum atomic E-state index is -0.714. The lowest BCUT2D eigenvalue weighted by Gasteiger charge is -2.07. The lowest BCUT2D eigenvalue weighted by molar-refractivity contribution is -0.384. The zero-order valence-corrected chi connectivity index (χ0v) is 15.8. The molecule has 0 saturated heterocycles. The molecule has 0 unspecified atom stereocenters. The number of nitro groups is 1. The number of methoxy groups -OCH3 is 1. The first-order valence-corrected chi connectivity index (χ1v) is 8.41. The maximum atomic E-state index is 11.9. The van der Waals surface area contributed by atoms with Crippen LogP contribution in [0.2, 0.25) is 0 Å². The molecule has 2 aromatic rings. The van der Waals surface area contributed by atoms with Gasteiger partial charge in [0.25, 0.3) is 11.6 Å². The van der Waals surface area contributed by atoms with Gasteiger partial charge in [-0.3, -0.25) is 14.9 Å². The number of nitro benzene ring substituents is 1. The van der Waals surface area contributed by atoms with E-state index in [0.717, 1.165) is 10.0 Å². The normalized spacial score (nSPS) is 10.4. The standard InChI is InChI=1S/C18H15BrN2O6/c1-26-14-6-7-15(16(10-14)21(24)25)20-17(22)11-27-18(23)8-5-12-3-2-4-13(19)9-12/h2-10H,11H2,1H3,(H,20,22)/b8-5+. The smallest absolute Gasteiger partial charge is 0.331 e. The van der Waals surface area contributed by atoms with Gasteiger partial charge in [0.15, 0.2) is 6.61 Å². The predicted molar refractivity (Wildman–Crippen MR) is 102 cm³/mol. The van der Waals surface area contributed by atoms with E-state index in [1.165, 1.54) is 31.4 Å². The summed E-state index contributed by atoms with van der Waals surface area (Å²) in [6.45, 7) is -0.579. The molecular formula is C18H15BrN2O6. The van der Waals surface area contributed by atoms with E-state index in [0.29, 0.717) is 0 Å². The SMILES string of the molecule is COc1ccc(NC(=O)COC(=O)/C=C/c2cccc(Br)c2)c([N+](=O)[O-])c1. The van der Waals surface area contributed by atoms with Crippen LogP contribution < -0.4 is 10.1 Å². The Morgan fingerprint density at radius 3 is 2.70 bits per heavy atom. The van der Waals surface area contributed by atoms with Crippen LogP contribution in [0.5, 0.6) is 5.75 Å². The van der Waals surface area contributed by atoms with Crippen molar-refractivity contribution in [2.45, 2.75) is 0 Å². The van der Waals surface area contributed by atoms with E-state index in [4.69, 9.17) is 9.47 Å². The maximum absolute atomic E-state index is 11.9. The molecule has 0 saturated carbocycles. The molecule has 0 spiro atoms. The number of halogens is 1. The fraction of sp³-hybridized carbons (Fsp3) is 0.111. The van der Waals surface area contributed by atoms with Crippen molar-refractivity contribution >= 4 is 45.3 Å². The highest BCUT2D eigenvalue weighted by Gasteiger charge is 2.17. The summed E-state index contributed by atoms with van der Waals surface area (Å²) in [5, 5.41) is 13.4. The van der Waals surface area contributed by atoms with Crippen LogP contribution >= 0.6 is 15.9 Å². The second kappa shape index (κ2) is 9.48. The van der Waals surface area contributed by atoms with Gasteiger partial charge in [-0.2, -0.15) is 0 Å². The van der Waals surface area contributed by atoms with Crippen LogP contribution in [0.15, 0.2) is 53.0 Å². The molecule has 9 heteroatoms. The van der Waals surface area contributed by atoms with E-state index in [-0.39, 0.29) is 17.1 Å². The van der Waals surface area contributed by atoms with Crippen molar-refractivity contribution in [3.8, 4) is 5.75 Å². The van der Waals surface area contributed by atoms with Gasteiger partial charge < -0.3 is 14.8 Å². The Balaban J connectivity index is 1.92. The lowest BCUT2D eigenvalue weighted by Crippen LogP contribution is -2.20. The van der Waals surface area contributed by atoms with Crippen LogP contribution in [-0.4, -0.2) is 30.5 Å². The highest BCUT2D eigenvalue weighted by Crippen LogP contribution is 2.28. The molecule has 0 bridgehead atoms. The molecule has 0 fully saturated rings. The molecular weight excluding hydrogens is 420 g/mol. The Morgan fingerprint density at radius 1 is 1.26 bits per heavy atom. The number of carbonyl (C=O) groups is 2. The predicted octanol–water partition coefficient (Wildman–Crippen LogP) is 3.56. The Bertz CT molecular complexity index is 897. The van der Waals surface area contributed by atoms with Crippen LogP contribution in [0.4, 0.5) is 11.4 Å². The first kappa shape index (κ1) is 20.1. The third-order valence-corrected chi connectivity index (χ3v) is 3.77. The first-order chi connectivity index (χ1) is 12.9. The molecule has 27 heavy (non-hydrogen) atoms. The molecule has 0 aliphatic rings. The van der Waals surface area contributed by atoms with Crippen molar-refractivity contribution in [3.63, 3.8) is 0 Å². The maximum Gasteiger partial charge on any atom is 0.331 e. The summed E-state index contributed by atoms with van der Waals surface area (Å²) in [5.74, 6) is -1.13. The number of hydrogen-bond acceptors (Lipinski definition) is 6. The summed E-state index contributed by atoms with van der Waals surface area (Å²) >= 11 is 3.32. The van der Waals surface area contributed by atoms with Crippen LogP contribution in [0, 0.1) is 10.1 Å². The van der Waals surface area contributed by atoms with Crippen molar-refractivity contribution in [2.75, 3.05) is 19.0 Å². The number of hydrogen-bond donors (Lipinski definition) is 1. The average Bonchev–Trinajstić information content (AvgIpc) is 2.65. The van der Waals surface area contributed by atoms with Gasteiger partial charge in [0.2, 0.25) is 0 Å². The summed E-state index contributed by atoms with van der Waals surface area (Å²) in [6, 6.07) is 11.2. The van der Waals surface area contributed by atoms with Gasteiger partial charge in [-0.05, 0) is 35.9 Å². The summed E-state index contributed by atoms with van der Waals surface area (Å²) in [4.78, 5) is 34.0. The molecule has 0 aromatic heterocycles. The van der Waals surface area contributed by atoms with Crippen LogP contribution in [0.25, 0.3) is 6.08 Å². The van der Waals surface area contributed by atoms with E-state index < -0.39 is 23.4 Å². The molecule has 2 rings (SSSR count). The van der Waals surface area contributed by atoms with E-state index in [9.17, 15) is 19.7 Å². The topological polar surface area (TPSA) is 108 Å². The van der Waals surface area contributed by atoms with Crippen molar-refractivity contribution in [1.82, 2.24) is 0 Å². The zero-order valence-electron chi connectivity index (χ0n) is 14.2. The van der Waals surface area contributed by atoms with Gasteiger partial charge >= 0.3 is 5.97 Å². The number of anilines is 1. The lowest BCUT2D eigenvalue weighted by atomic mass is 10.2. The average molecular weight is 435 g/mol. The molecule has 1 amide bonds. The number of nitrogens with zero attached hydrogens (tertiary/aromatic N) is 1. The third kappa shape index (κ3) is 6.23. The molecule has 1 N–H and O–H groups in total. The summed E-state index contributed by atoms with van der Waals surface area (Å²) < 4.78 is 10.6. The van der Waals surface area contributed by atoms with Gasteiger partial charge in [-0.15, -0.1) is 0 Å². The summed E-state index contributed by atoms with van der Waals surface area (Å²) in [6.07, 6.45) is 2.73. The highest BCUT2D eigenvalue weighted by molar-refractivity contribution is 9.10. The summed E-state index contributed by atoms with van der Waals surface area (Å²) in [7, 11) is 1.37. The Hall–Kier alpha value is -3.20. The van der Waals surface area contributed by atoms with Crippen molar-refractivity contribution < 1.29 is 24.0 Å². The fourth-order valence-electron chi connectivity index (χ4n) is 2.04. The number of ether oxygens (including phenoxy) is 2. The van der Waals surface area contributed by atoms with E-state index >= 15 is 0 Å². The van der Waals surface area contributed by atoms with E-state index in [1.807, 2.05) is 12.1 Å². The van der Waals surface area contributed by atoms with Gasteiger partial charge in [0, 0.05) is 10.5 Å². The number of rotatable bonds is 7. The Morgan fingerprint density at radius 2 is 2.04 bits per heavy atom. The van der Waals surface area contributed by atoms with Crippen molar-refractivity contribution in [1.29, 1.82) is 0 Å². The molecule has 0 aliphatic carbocycles. The molecule has 0 radical (unpaired) electrons. The second-order valence-electron chi connectivity index (χ2n) is 5.18. The van der Waals surface area contributed by atoms with Gasteiger partial charge in [0.1, 0.15) is 11.4 Å². The van der Waals surface area contributed by atoms with E-state index in [2.05, 4.69) is 21.2 Å². The number of carbonyl (C=O) groups excluding carboxylic acids is 2. The second-order valence-corrected chi connectivity index (χ2v) is 6.10. The molecule has 140 valence electrons. The quantitative estimate of drug-likeness (QED) is 0.309. The molecule has 2 aromatic carbocycles. The zero-order chi connectivity index (χ0) is 19.8. The van der Waals surface area contributed by atoms with Crippen LogP contribution in [0.1, 0.15) is 5.56 Å². The first-order valence-electron chi connectivity index (χ1n) is 7.61. The van der Waals surface area contributed by atoms with Crippen molar-refractivity contribution in [3.05, 3.63) is 68.7 Å². The van der Waals surface area contributed by atoms with Crippen LogP contribution in [0.3, 0.4) is 0 Å². The molecule has 8 nitrogen and oxygen atoms in total. The fourth-order valence-corrected chi connectivity index (χ4v) is 2.46. The van der Waals surface area contributed by atoms with Gasteiger partial charge in [-0.1, -0.05) is 28.1 Å². The number of benzene rings is 2. The minimum absolute atomic E-state index is 0.0217. The van der Waals surface area contributed by atoms with E-state index in [1.54, 1.807) is 18.2 Å². The van der Waals surface area contributed by atoms with Gasteiger partial charge in [-0.25, -0.2) is 4.79 Å². The van der Waals surface area contributed by atoms with Crippen LogP contribution in [-0.2, 0) is 14.3 Å². The Kier molecular flexibility index (Phi) is 7.07. The monoisotopic (exact) mass is 434 g/mol. The summed E-state index contributed by atoms with van der Waals surface area (Å²) in [5.41, 5.74) is 0.426. The Labute approximate surface area is 163 Å². The minimum Gasteiger partial charge on any atom is -0.496 e. The number of amides is 1. The number of esters is 1. The van der Waals surface area contributed by atoms with Crippen molar-refractivity contribution in [2.24, 2.45) is 0 Å². The highest BCUT2D eigenvalue weighted by atomic mass is 79.9. The largest absolute Gasteiger partial charge is 0.496 e. The number of nitrogens with one attached hydrogen (secondary N) is 1. The molecule has 0 atom stereocenters. The van der Waals surface area contributed by atoms with Gasteiger partial charge in [0.05, 0.1) is 18.1 Å². The third-order valence-electron chi connectivity index (χ3n) is 3.28. The molecule has 0 aliphatic heterocycles.